The number of morpholine rings is 1. The zero-order valence-corrected chi connectivity index (χ0v) is 15.2. The van der Waals surface area contributed by atoms with Crippen molar-refractivity contribution in [2.24, 2.45) is 0 Å². The molecule has 0 unspecified atom stereocenters. The van der Waals surface area contributed by atoms with Gasteiger partial charge in [-0.2, -0.15) is 11.8 Å². The molecule has 1 aromatic rings. The highest BCUT2D eigenvalue weighted by Crippen LogP contribution is 2.22. The van der Waals surface area contributed by atoms with Gasteiger partial charge in [0.15, 0.2) is 0 Å². The van der Waals surface area contributed by atoms with Crippen molar-refractivity contribution in [1.29, 1.82) is 0 Å². The molecular weight excluding hydrogens is 308 g/mol. The molecule has 1 aromatic carbocycles. The third kappa shape index (κ3) is 6.94. The molecule has 1 heterocycles. The van der Waals surface area contributed by atoms with Crippen LogP contribution in [0.2, 0.25) is 0 Å². The Labute approximate surface area is 144 Å². The normalized spacial score (nSPS) is 16.3. The van der Waals surface area contributed by atoms with Crippen LogP contribution in [0.5, 0.6) is 0 Å². The van der Waals surface area contributed by atoms with Gasteiger partial charge in [-0.15, -0.1) is 0 Å². The van der Waals surface area contributed by atoms with Gasteiger partial charge in [-0.1, -0.05) is 32.9 Å². The number of ether oxygens (including phenoxy) is 1. The summed E-state index contributed by atoms with van der Waals surface area (Å²) in [5.74, 6) is 0.950. The van der Waals surface area contributed by atoms with Crippen LogP contribution < -0.4 is 5.32 Å². The van der Waals surface area contributed by atoms with Crippen LogP contribution in [-0.4, -0.2) is 54.2 Å². The average Bonchev–Trinajstić information content (AvgIpc) is 2.52. The largest absolute Gasteiger partial charge is 0.379 e. The van der Waals surface area contributed by atoms with Gasteiger partial charge in [0.05, 0.1) is 13.2 Å². The van der Waals surface area contributed by atoms with Crippen molar-refractivity contribution in [2.45, 2.75) is 32.1 Å². The van der Waals surface area contributed by atoms with Gasteiger partial charge in [0.1, 0.15) is 0 Å². The molecule has 0 aromatic heterocycles. The Hall–Kier alpha value is -1.04. The highest BCUT2D eigenvalue weighted by molar-refractivity contribution is 8.00. The standard InChI is InChI=1S/C18H28N2O2S/c1-18(2,3)23-12-7-19-17(21)16-6-4-5-15(13-16)14-20-8-10-22-11-9-20/h4-6,13H,7-12,14H2,1-3H3,(H,19,21). The van der Waals surface area contributed by atoms with E-state index in [1.807, 2.05) is 30.0 Å². The van der Waals surface area contributed by atoms with Crippen LogP contribution in [0.25, 0.3) is 0 Å². The Morgan fingerprint density at radius 2 is 2.04 bits per heavy atom. The van der Waals surface area contributed by atoms with E-state index >= 15 is 0 Å². The van der Waals surface area contributed by atoms with Crippen molar-refractivity contribution in [3.8, 4) is 0 Å². The summed E-state index contributed by atoms with van der Waals surface area (Å²) >= 11 is 1.86. The highest BCUT2D eigenvalue weighted by Gasteiger charge is 2.13. The summed E-state index contributed by atoms with van der Waals surface area (Å²) in [6.07, 6.45) is 0. The quantitative estimate of drug-likeness (QED) is 0.811. The molecule has 1 aliphatic rings. The van der Waals surface area contributed by atoms with E-state index in [1.54, 1.807) is 0 Å². The molecule has 0 spiro atoms. The SMILES string of the molecule is CC(C)(C)SCCNC(=O)c1cccc(CN2CCOCC2)c1. The maximum Gasteiger partial charge on any atom is 0.251 e. The first-order valence-corrected chi connectivity index (χ1v) is 9.24. The summed E-state index contributed by atoms with van der Waals surface area (Å²) in [4.78, 5) is 14.6. The van der Waals surface area contributed by atoms with E-state index in [0.717, 1.165) is 44.2 Å². The zero-order valence-electron chi connectivity index (χ0n) is 14.4. The molecule has 1 amide bonds. The molecule has 2 rings (SSSR count). The lowest BCUT2D eigenvalue weighted by Crippen LogP contribution is -2.35. The van der Waals surface area contributed by atoms with E-state index in [0.29, 0.717) is 6.54 Å². The van der Waals surface area contributed by atoms with Crippen molar-refractivity contribution in [3.63, 3.8) is 0 Å². The number of thioether (sulfide) groups is 1. The topological polar surface area (TPSA) is 41.6 Å². The molecule has 0 radical (unpaired) electrons. The van der Waals surface area contributed by atoms with Crippen molar-refractivity contribution in [2.75, 3.05) is 38.6 Å². The van der Waals surface area contributed by atoms with Gasteiger partial charge in [0.25, 0.3) is 5.91 Å². The number of rotatable bonds is 6. The minimum Gasteiger partial charge on any atom is -0.379 e. The number of benzene rings is 1. The fourth-order valence-corrected chi connectivity index (χ4v) is 3.27. The number of nitrogens with zero attached hydrogens (tertiary/aromatic N) is 1. The van der Waals surface area contributed by atoms with Gasteiger partial charge in [0.2, 0.25) is 0 Å². The van der Waals surface area contributed by atoms with Crippen molar-refractivity contribution < 1.29 is 9.53 Å². The maximum absolute atomic E-state index is 12.3. The van der Waals surface area contributed by atoms with E-state index in [2.05, 4.69) is 37.1 Å². The lowest BCUT2D eigenvalue weighted by Gasteiger charge is -2.26. The minimum absolute atomic E-state index is 0.0170. The van der Waals surface area contributed by atoms with Gasteiger partial charge in [-0.25, -0.2) is 0 Å². The summed E-state index contributed by atoms with van der Waals surface area (Å²) in [7, 11) is 0. The van der Waals surface area contributed by atoms with Crippen LogP contribution in [-0.2, 0) is 11.3 Å². The first kappa shape index (κ1) is 18.3. The molecular formula is C18H28N2O2S. The van der Waals surface area contributed by atoms with Crippen LogP contribution in [0.1, 0.15) is 36.7 Å². The van der Waals surface area contributed by atoms with E-state index in [9.17, 15) is 4.79 Å². The van der Waals surface area contributed by atoms with Crippen molar-refractivity contribution >= 4 is 17.7 Å². The van der Waals surface area contributed by atoms with Crippen LogP contribution in [0.4, 0.5) is 0 Å². The van der Waals surface area contributed by atoms with Crippen molar-refractivity contribution in [3.05, 3.63) is 35.4 Å². The first-order valence-electron chi connectivity index (χ1n) is 8.25. The molecule has 23 heavy (non-hydrogen) atoms. The Morgan fingerprint density at radius 3 is 2.74 bits per heavy atom. The third-order valence-electron chi connectivity index (χ3n) is 3.62. The predicted octanol–water partition coefficient (Wildman–Crippen LogP) is 2.78. The summed E-state index contributed by atoms with van der Waals surface area (Å²) in [5.41, 5.74) is 1.93. The second-order valence-electron chi connectivity index (χ2n) is 6.81. The molecule has 0 bridgehead atoms. The molecule has 0 atom stereocenters. The van der Waals surface area contributed by atoms with Crippen LogP contribution >= 0.6 is 11.8 Å². The molecule has 0 aliphatic carbocycles. The summed E-state index contributed by atoms with van der Waals surface area (Å²) in [6, 6.07) is 7.94. The average molecular weight is 337 g/mol. The van der Waals surface area contributed by atoms with Gasteiger partial charge in [-0.3, -0.25) is 9.69 Å². The Balaban J connectivity index is 1.82. The first-order chi connectivity index (χ1) is 10.9. The van der Waals surface area contributed by atoms with Gasteiger partial charge < -0.3 is 10.1 Å². The minimum atomic E-state index is 0.0170. The number of carbonyl (C=O) groups excluding carboxylic acids is 1. The highest BCUT2D eigenvalue weighted by atomic mass is 32.2. The fourth-order valence-electron chi connectivity index (χ4n) is 2.45. The smallest absolute Gasteiger partial charge is 0.251 e. The summed E-state index contributed by atoms with van der Waals surface area (Å²) < 4.78 is 5.61. The lowest BCUT2D eigenvalue weighted by molar-refractivity contribution is 0.0342. The second kappa shape index (κ2) is 8.71. The summed E-state index contributed by atoms with van der Waals surface area (Å²) in [6.45, 7) is 11.7. The number of carbonyl (C=O) groups is 1. The number of hydrogen-bond donors (Lipinski definition) is 1. The lowest BCUT2D eigenvalue weighted by atomic mass is 10.1. The van der Waals surface area contributed by atoms with Crippen molar-refractivity contribution in [1.82, 2.24) is 10.2 Å². The van der Waals surface area contributed by atoms with Gasteiger partial charge in [-0.05, 0) is 17.7 Å². The summed E-state index contributed by atoms with van der Waals surface area (Å²) in [5, 5.41) is 3.01. The van der Waals surface area contributed by atoms with Gasteiger partial charge in [0, 0.05) is 42.2 Å². The molecule has 0 saturated carbocycles. The van der Waals surface area contributed by atoms with Crippen LogP contribution in [0, 0.1) is 0 Å². The third-order valence-corrected chi connectivity index (χ3v) is 4.90. The Bertz CT molecular complexity index is 508. The van der Waals surface area contributed by atoms with E-state index < -0.39 is 0 Å². The predicted molar refractivity (Wildman–Crippen MR) is 97.1 cm³/mol. The molecule has 5 heteroatoms. The molecule has 1 fully saturated rings. The van der Waals surface area contributed by atoms with Crippen LogP contribution in [0.3, 0.4) is 0 Å². The zero-order chi connectivity index (χ0) is 16.7. The van der Waals surface area contributed by atoms with E-state index in [-0.39, 0.29) is 10.7 Å². The van der Waals surface area contributed by atoms with Crippen LogP contribution in [0.15, 0.2) is 24.3 Å². The maximum atomic E-state index is 12.3. The monoisotopic (exact) mass is 336 g/mol. The molecule has 128 valence electrons. The van der Waals surface area contributed by atoms with E-state index in [4.69, 9.17) is 4.74 Å². The number of nitrogens with one attached hydrogen (secondary N) is 1. The Kier molecular flexibility index (Phi) is 6.93. The fraction of sp³-hybridized carbons (Fsp3) is 0.611. The van der Waals surface area contributed by atoms with Gasteiger partial charge >= 0.3 is 0 Å². The van der Waals surface area contributed by atoms with E-state index in [1.165, 1.54) is 5.56 Å². The number of hydrogen-bond acceptors (Lipinski definition) is 4. The molecule has 1 N–H and O–H groups in total. The Morgan fingerprint density at radius 1 is 1.30 bits per heavy atom. The molecule has 4 nitrogen and oxygen atoms in total. The second-order valence-corrected chi connectivity index (χ2v) is 8.73. The number of amides is 1. The molecule has 1 aliphatic heterocycles. The molecule has 1 saturated heterocycles.